The molecule has 0 spiro atoms. The monoisotopic (exact) mass is 462 g/mol. The first kappa shape index (κ1) is 22.7. The maximum Gasteiger partial charge on any atom is 0.226 e. The second-order valence-electron chi connectivity index (χ2n) is 6.80. The van der Waals surface area contributed by atoms with Crippen molar-refractivity contribution in [3.63, 3.8) is 0 Å². The Morgan fingerprint density at radius 3 is 2.39 bits per heavy atom. The van der Waals surface area contributed by atoms with E-state index in [4.69, 9.17) is 16.3 Å². The van der Waals surface area contributed by atoms with Gasteiger partial charge in [0.25, 0.3) is 0 Å². The Morgan fingerprint density at radius 1 is 1.06 bits per heavy atom. The van der Waals surface area contributed by atoms with Gasteiger partial charge >= 0.3 is 0 Å². The van der Waals surface area contributed by atoms with Crippen molar-refractivity contribution in [1.29, 1.82) is 0 Å². The van der Waals surface area contributed by atoms with Gasteiger partial charge in [0.05, 0.1) is 18.0 Å². The highest BCUT2D eigenvalue weighted by atomic mass is 35.5. The fourth-order valence-corrected chi connectivity index (χ4v) is 3.78. The van der Waals surface area contributed by atoms with E-state index in [1.807, 2.05) is 18.2 Å². The molecule has 0 fully saturated rings. The van der Waals surface area contributed by atoms with Crippen molar-refractivity contribution in [1.82, 2.24) is 4.72 Å². The molecular formula is C22H20ClFN2O4S. The molecule has 3 rings (SSSR count). The topological polar surface area (TPSA) is 84.5 Å². The molecule has 2 N–H and O–H groups in total. The molecule has 1 atom stereocenters. The first-order chi connectivity index (χ1) is 14.7. The zero-order valence-electron chi connectivity index (χ0n) is 16.5. The number of rotatable bonds is 8. The third kappa shape index (κ3) is 7.06. The molecule has 0 aliphatic heterocycles. The molecule has 0 aromatic heterocycles. The minimum atomic E-state index is -3.63. The van der Waals surface area contributed by atoms with Gasteiger partial charge < -0.3 is 10.1 Å². The number of sulfonamides is 1. The normalized spacial score (nSPS) is 12.2. The van der Waals surface area contributed by atoms with E-state index in [-0.39, 0.29) is 6.42 Å². The molecule has 0 saturated carbocycles. The molecule has 9 heteroatoms. The summed E-state index contributed by atoms with van der Waals surface area (Å²) in [5.41, 5.74) is 0.785. The van der Waals surface area contributed by atoms with Crippen LogP contribution in [0.2, 0.25) is 5.02 Å². The quantitative estimate of drug-likeness (QED) is 0.499. The van der Waals surface area contributed by atoms with E-state index < -0.39 is 27.8 Å². The van der Waals surface area contributed by atoms with Crippen LogP contribution >= 0.6 is 11.6 Å². The Balaban J connectivity index is 1.80. The van der Waals surface area contributed by atoms with E-state index >= 15 is 0 Å². The molecule has 1 unspecified atom stereocenters. The molecule has 1 amide bonds. The van der Waals surface area contributed by atoms with Crippen LogP contribution < -0.4 is 14.8 Å². The Labute approximate surface area is 185 Å². The van der Waals surface area contributed by atoms with E-state index in [2.05, 4.69) is 10.0 Å². The first-order valence-corrected chi connectivity index (χ1v) is 11.5. The van der Waals surface area contributed by atoms with Gasteiger partial charge in [0.2, 0.25) is 15.9 Å². The maximum atomic E-state index is 13.3. The van der Waals surface area contributed by atoms with Crippen molar-refractivity contribution in [2.45, 2.75) is 12.5 Å². The summed E-state index contributed by atoms with van der Waals surface area (Å²) in [5.74, 6) is 0.000183. The zero-order valence-corrected chi connectivity index (χ0v) is 18.1. The lowest BCUT2D eigenvalue weighted by Gasteiger charge is -2.19. The molecule has 3 aromatic rings. The highest BCUT2D eigenvalue weighted by Crippen LogP contribution is 2.32. The highest BCUT2D eigenvalue weighted by molar-refractivity contribution is 7.88. The Bertz CT molecular complexity index is 1160. The predicted molar refractivity (Wildman–Crippen MR) is 118 cm³/mol. The number of hydrogen-bond donors (Lipinski definition) is 2. The second-order valence-corrected chi connectivity index (χ2v) is 9.02. The van der Waals surface area contributed by atoms with Gasteiger partial charge in [-0.3, -0.25) is 4.79 Å². The fourth-order valence-electron chi connectivity index (χ4n) is 2.87. The summed E-state index contributed by atoms with van der Waals surface area (Å²) >= 11 is 6.07. The molecule has 3 aromatic carbocycles. The standard InChI is InChI=1S/C22H20ClFN2O4S/c1-31(28,29)26-19(15-7-10-17(24)11-8-15)14-22(27)25-20-13-16(23)9-12-21(20)30-18-5-3-2-4-6-18/h2-13,19,26H,14H2,1H3,(H,25,27). The highest BCUT2D eigenvalue weighted by Gasteiger charge is 2.21. The minimum Gasteiger partial charge on any atom is -0.455 e. The van der Waals surface area contributed by atoms with Crippen molar-refractivity contribution in [3.8, 4) is 11.5 Å². The van der Waals surface area contributed by atoms with Crippen LogP contribution in [0, 0.1) is 5.82 Å². The summed E-state index contributed by atoms with van der Waals surface area (Å²) in [4.78, 5) is 12.7. The molecular weight excluding hydrogens is 443 g/mol. The number of benzene rings is 3. The lowest BCUT2D eigenvalue weighted by atomic mass is 10.0. The van der Waals surface area contributed by atoms with Gasteiger partial charge in [-0.1, -0.05) is 41.9 Å². The van der Waals surface area contributed by atoms with E-state index in [0.29, 0.717) is 27.8 Å². The van der Waals surface area contributed by atoms with Crippen LogP contribution in [0.25, 0.3) is 0 Å². The van der Waals surface area contributed by atoms with Crippen molar-refractivity contribution < 1.29 is 22.3 Å². The Hall–Kier alpha value is -2.94. The molecule has 0 aliphatic rings. The summed E-state index contributed by atoms with van der Waals surface area (Å²) in [7, 11) is -3.63. The van der Waals surface area contributed by atoms with Crippen molar-refractivity contribution >= 4 is 33.2 Å². The van der Waals surface area contributed by atoms with Gasteiger partial charge in [-0.2, -0.15) is 0 Å². The third-order valence-corrected chi connectivity index (χ3v) is 5.15. The molecule has 31 heavy (non-hydrogen) atoms. The van der Waals surface area contributed by atoms with E-state index in [9.17, 15) is 17.6 Å². The number of anilines is 1. The largest absolute Gasteiger partial charge is 0.455 e. The Kier molecular flexibility index (Phi) is 7.27. The van der Waals surface area contributed by atoms with E-state index in [1.165, 1.54) is 30.3 Å². The summed E-state index contributed by atoms with van der Waals surface area (Å²) < 4.78 is 45.0. The molecule has 0 heterocycles. The number of para-hydroxylation sites is 1. The number of carbonyl (C=O) groups is 1. The minimum absolute atomic E-state index is 0.226. The van der Waals surface area contributed by atoms with Crippen LogP contribution in [0.4, 0.5) is 10.1 Å². The van der Waals surface area contributed by atoms with Crippen LogP contribution in [0.3, 0.4) is 0 Å². The van der Waals surface area contributed by atoms with Gasteiger partial charge in [-0.05, 0) is 48.0 Å². The van der Waals surface area contributed by atoms with Gasteiger partial charge in [0.1, 0.15) is 11.6 Å². The van der Waals surface area contributed by atoms with Crippen LogP contribution in [0.15, 0.2) is 72.8 Å². The number of ether oxygens (including phenoxy) is 1. The summed E-state index contributed by atoms with van der Waals surface area (Å²) in [5, 5.41) is 3.10. The van der Waals surface area contributed by atoms with Gasteiger partial charge in [-0.25, -0.2) is 17.5 Å². The lowest BCUT2D eigenvalue weighted by molar-refractivity contribution is -0.116. The van der Waals surface area contributed by atoms with Gasteiger partial charge in [0.15, 0.2) is 5.75 Å². The third-order valence-electron chi connectivity index (χ3n) is 4.20. The average Bonchev–Trinajstić information content (AvgIpc) is 2.70. The number of nitrogens with one attached hydrogen (secondary N) is 2. The molecule has 0 aliphatic carbocycles. The average molecular weight is 463 g/mol. The van der Waals surface area contributed by atoms with Crippen molar-refractivity contribution in [2.75, 3.05) is 11.6 Å². The SMILES string of the molecule is CS(=O)(=O)NC(CC(=O)Nc1cc(Cl)ccc1Oc1ccccc1)c1ccc(F)cc1. The fraction of sp³-hybridized carbons (Fsp3) is 0.136. The molecule has 6 nitrogen and oxygen atoms in total. The van der Waals surface area contributed by atoms with Crippen LogP contribution in [0.1, 0.15) is 18.0 Å². The molecule has 0 bridgehead atoms. The first-order valence-electron chi connectivity index (χ1n) is 9.25. The zero-order chi connectivity index (χ0) is 22.4. The summed E-state index contributed by atoms with van der Waals surface area (Å²) in [6.45, 7) is 0. The number of amides is 1. The van der Waals surface area contributed by atoms with Crippen LogP contribution in [-0.4, -0.2) is 20.6 Å². The molecule has 0 radical (unpaired) electrons. The van der Waals surface area contributed by atoms with Crippen molar-refractivity contribution in [2.24, 2.45) is 0 Å². The molecule has 0 saturated heterocycles. The summed E-state index contributed by atoms with van der Waals surface area (Å²) in [6.07, 6.45) is 0.764. The van der Waals surface area contributed by atoms with E-state index in [1.54, 1.807) is 24.3 Å². The Morgan fingerprint density at radius 2 is 1.74 bits per heavy atom. The lowest BCUT2D eigenvalue weighted by Crippen LogP contribution is -2.30. The summed E-state index contributed by atoms with van der Waals surface area (Å²) in [6, 6.07) is 18.2. The maximum absolute atomic E-state index is 13.3. The number of hydrogen-bond acceptors (Lipinski definition) is 4. The number of halogens is 2. The van der Waals surface area contributed by atoms with Crippen LogP contribution in [-0.2, 0) is 14.8 Å². The van der Waals surface area contributed by atoms with E-state index in [0.717, 1.165) is 6.26 Å². The van der Waals surface area contributed by atoms with Gasteiger partial charge in [-0.15, -0.1) is 0 Å². The predicted octanol–water partition coefficient (Wildman–Crippen LogP) is 4.89. The smallest absolute Gasteiger partial charge is 0.226 e. The molecule has 162 valence electrons. The second kappa shape index (κ2) is 9.91. The van der Waals surface area contributed by atoms with Gasteiger partial charge in [0, 0.05) is 11.4 Å². The van der Waals surface area contributed by atoms with Crippen molar-refractivity contribution in [3.05, 3.63) is 89.2 Å². The number of carbonyl (C=O) groups excluding carboxylic acids is 1. The van der Waals surface area contributed by atoms with Crippen LogP contribution in [0.5, 0.6) is 11.5 Å².